The lowest BCUT2D eigenvalue weighted by Crippen LogP contribution is -2.25. The largest absolute Gasteiger partial charge is 0.493 e. The van der Waals surface area contributed by atoms with Crippen molar-refractivity contribution < 1.29 is 18.4 Å². The van der Waals surface area contributed by atoms with E-state index < -0.39 is 5.82 Å². The topological polar surface area (TPSA) is 68.5 Å². The van der Waals surface area contributed by atoms with Crippen LogP contribution in [0.1, 0.15) is 32.1 Å². The molecule has 6 nitrogen and oxygen atoms in total. The van der Waals surface area contributed by atoms with Gasteiger partial charge < -0.3 is 14.2 Å². The van der Waals surface area contributed by atoms with Gasteiger partial charge in [0.2, 0.25) is 17.6 Å². The van der Waals surface area contributed by atoms with Gasteiger partial charge >= 0.3 is 0 Å². The van der Waals surface area contributed by atoms with Crippen LogP contribution >= 0.6 is 11.6 Å². The fourth-order valence-corrected chi connectivity index (χ4v) is 3.45. The molecule has 30 heavy (non-hydrogen) atoms. The molecule has 1 aliphatic heterocycles. The van der Waals surface area contributed by atoms with Crippen LogP contribution in [-0.2, 0) is 4.79 Å². The zero-order valence-electron chi connectivity index (χ0n) is 16.6. The van der Waals surface area contributed by atoms with Crippen molar-refractivity contribution in [1.29, 1.82) is 0 Å². The summed E-state index contributed by atoms with van der Waals surface area (Å²) in [4.78, 5) is 18.3. The predicted octanol–water partition coefficient (Wildman–Crippen LogP) is 5.08. The maximum Gasteiger partial charge on any atom is 0.232 e. The summed E-state index contributed by atoms with van der Waals surface area (Å²) in [5.74, 6) is 0.967. The van der Waals surface area contributed by atoms with Crippen molar-refractivity contribution in [3.63, 3.8) is 0 Å². The first-order valence-electron chi connectivity index (χ1n) is 9.73. The summed E-state index contributed by atoms with van der Waals surface area (Å²) in [6.45, 7) is 5.09. The Balaban J connectivity index is 1.47. The van der Waals surface area contributed by atoms with E-state index in [-0.39, 0.29) is 35.5 Å². The van der Waals surface area contributed by atoms with Gasteiger partial charge in [-0.1, -0.05) is 30.6 Å². The number of carbonyl (C=O) groups is 1. The van der Waals surface area contributed by atoms with Crippen LogP contribution in [0.4, 0.5) is 10.1 Å². The average molecular weight is 430 g/mol. The molecule has 0 aliphatic carbocycles. The quantitative estimate of drug-likeness (QED) is 0.546. The monoisotopic (exact) mass is 429 g/mol. The summed E-state index contributed by atoms with van der Waals surface area (Å²) in [7, 11) is 0. The smallest absolute Gasteiger partial charge is 0.232 e. The van der Waals surface area contributed by atoms with E-state index in [1.165, 1.54) is 17.0 Å². The van der Waals surface area contributed by atoms with Crippen LogP contribution in [0.2, 0.25) is 5.02 Å². The van der Waals surface area contributed by atoms with Crippen LogP contribution in [0.15, 0.2) is 47.0 Å². The second kappa shape index (κ2) is 8.44. The van der Waals surface area contributed by atoms with Crippen molar-refractivity contribution in [2.45, 2.75) is 26.2 Å². The average Bonchev–Trinajstić information content (AvgIpc) is 3.34. The lowest BCUT2D eigenvalue weighted by Gasteiger charge is -2.16. The van der Waals surface area contributed by atoms with Gasteiger partial charge in [-0.25, -0.2) is 4.39 Å². The molecule has 1 saturated heterocycles. The van der Waals surface area contributed by atoms with Gasteiger partial charge in [0.15, 0.2) is 0 Å². The minimum atomic E-state index is -0.539. The first-order valence-corrected chi connectivity index (χ1v) is 10.1. The number of amides is 1. The van der Waals surface area contributed by atoms with Crippen LogP contribution < -0.4 is 9.64 Å². The second-order valence-electron chi connectivity index (χ2n) is 7.69. The van der Waals surface area contributed by atoms with Crippen molar-refractivity contribution in [1.82, 2.24) is 10.1 Å². The van der Waals surface area contributed by atoms with Crippen LogP contribution in [0.25, 0.3) is 11.4 Å². The van der Waals surface area contributed by atoms with Crippen molar-refractivity contribution in [3.05, 3.63) is 59.2 Å². The van der Waals surface area contributed by atoms with E-state index in [9.17, 15) is 9.18 Å². The first-order chi connectivity index (χ1) is 14.4. The molecule has 0 bridgehead atoms. The van der Waals surface area contributed by atoms with Crippen molar-refractivity contribution in [2.75, 3.05) is 18.1 Å². The molecular formula is C22H21ClFN3O3. The van der Waals surface area contributed by atoms with E-state index in [0.717, 1.165) is 11.3 Å². The Morgan fingerprint density at radius 2 is 2.03 bits per heavy atom. The van der Waals surface area contributed by atoms with Gasteiger partial charge in [0.05, 0.1) is 18.2 Å². The zero-order chi connectivity index (χ0) is 21.3. The molecule has 8 heteroatoms. The summed E-state index contributed by atoms with van der Waals surface area (Å²) in [6, 6.07) is 11.7. The van der Waals surface area contributed by atoms with Gasteiger partial charge in [0.1, 0.15) is 11.6 Å². The van der Waals surface area contributed by atoms with E-state index in [2.05, 4.69) is 24.0 Å². The number of anilines is 1. The third-order valence-electron chi connectivity index (χ3n) is 4.81. The highest BCUT2D eigenvalue weighted by molar-refractivity contribution is 6.30. The number of ether oxygens (including phenoxy) is 1. The normalized spacial score (nSPS) is 16.5. The molecule has 2 aromatic carbocycles. The van der Waals surface area contributed by atoms with Gasteiger partial charge in [-0.3, -0.25) is 4.79 Å². The van der Waals surface area contributed by atoms with Crippen LogP contribution in [0.3, 0.4) is 0 Å². The van der Waals surface area contributed by atoms with Gasteiger partial charge in [-0.05, 0) is 48.4 Å². The van der Waals surface area contributed by atoms with Gasteiger partial charge in [0, 0.05) is 23.6 Å². The number of hydrogen-bond donors (Lipinski definition) is 0. The van der Waals surface area contributed by atoms with Crippen LogP contribution in [0, 0.1) is 11.7 Å². The zero-order valence-corrected chi connectivity index (χ0v) is 17.4. The molecule has 1 amide bonds. The Kier molecular flexibility index (Phi) is 5.72. The van der Waals surface area contributed by atoms with E-state index in [4.69, 9.17) is 20.9 Å². The number of carbonyl (C=O) groups excluding carboxylic acids is 1. The molecule has 4 rings (SSSR count). The maximum absolute atomic E-state index is 14.2. The van der Waals surface area contributed by atoms with E-state index >= 15 is 0 Å². The molecule has 1 aliphatic rings. The number of benzene rings is 2. The third-order valence-corrected chi connectivity index (χ3v) is 5.05. The molecule has 1 aromatic heterocycles. The molecule has 3 aromatic rings. The summed E-state index contributed by atoms with van der Waals surface area (Å²) >= 11 is 5.80. The highest BCUT2D eigenvalue weighted by Gasteiger charge is 2.36. The fraction of sp³-hybridized carbons (Fsp3) is 0.318. The van der Waals surface area contributed by atoms with Crippen LogP contribution in [0.5, 0.6) is 5.75 Å². The van der Waals surface area contributed by atoms with Crippen molar-refractivity contribution in [3.8, 4) is 17.1 Å². The third kappa shape index (κ3) is 4.31. The first kappa shape index (κ1) is 20.3. The Labute approximate surface area is 178 Å². The SMILES string of the molecule is CC(C)COc1ccc(-c2noc(C3CC(=O)N(c4ccc(Cl)cc4F)C3)n2)cc1. The molecule has 1 fully saturated rings. The van der Waals surface area contributed by atoms with E-state index in [1.807, 2.05) is 24.3 Å². The van der Waals surface area contributed by atoms with E-state index in [0.29, 0.717) is 24.2 Å². The van der Waals surface area contributed by atoms with Crippen molar-refractivity contribution in [2.24, 2.45) is 5.92 Å². The van der Waals surface area contributed by atoms with Crippen LogP contribution in [-0.4, -0.2) is 29.2 Å². The number of rotatable bonds is 6. The highest BCUT2D eigenvalue weighted by atomic mass is 35.5. The maximum atomic E-state index is 14.2. The molecule has 1 atom stereocenters. The standard InChI is InChI=1S/C22H21ClFN3O3/c1-13(2)12-29-17-6-3-14(4-7-17)21-25-22(30-26-21)15-9-20(28)27(11-15)19-8-5-16(23)10-18(19)24/h3-8,10,13,15H,9,11-12H2,1-2H3. The number of nitrogens with zero attached hydrogens (tertiary/aromatic N) is 3. The lowest BCUT2D eigenvalue weighted by molar-refractivity contribution is -0.117. The molecule has 0 N–H and O–H groups in total. The Bertz CT molecular complexity index is 1050. The minimum Gasteiger partial charge on any atom is -0.493 e. The number of hydrogen-bond acceptors (Lipinski definition) is 5. The summed E-state index contributed by atoms with van der Waals surface area (Å²) in [6.07, 6.45) is 0.172. The number of aromatic nitrogens is 2. The minimum absolute atomic E-state index is 0.172. The molecule has 2 heterocycles. The van der Waals surface area contributed by atoms with Gasteiger partial charge in [-0.2, -0.15) is 4.98 Å². The lowest BCUT2D eigenvalue weighted by atomic mass is 10.1. The summed E-state index contributed by atoms with van der Waals surface area (Å²) in [5, 5.41) is 4.32. The Morgan fingerprint density at radius 1 is 1.27 bits per heavy atom. The Hall–Kier alpha value is -2.93. The molecule has 0 radical (unpaired) electrons. The molecular weight excluding hydrogens is 409 g/mol. The summed E-state index contributed by atoms with van der Waals surface area (Å²) < 4.78 is 25.3. The molecule has 0 saturated carbocycles. The van der Waals surface area contributed by atoms with Crippen molar-refractivity contribution >= 4 is 23.2 Å². The highest BCUT2D eigenvalue weighted by Crippen LogP contribution is 2.34. The van der Waals surface area contributed by atoms with Gasteiger partial charge in [0.25, 0.3) is 0 Å². The molecule has 0 spiro atoms. The van der Waals surface area contributed by atoms with Gasteiger partial charge in [-0.15, -0.1) is 0 Å². The predicted molar refractivity (Wildman–Crippen MR) is 111 cm³/mol. The van der Waals surface area contributed by atoms with E-state index in [1.54, 1.807) is 6.07 Å². The summed E-state index contributed by atoms with van der Waals surface area (Å²) in [5.41, 5.74) is 0.982. The number of halogens is 2. The molecule has 156 valence electrons. The fourth-order valence-electron chi connectivity index (χ4n) is 3.29. The molecule has 1 unspecified atom stereocenters. The Morgan fingerprint density at radius 3 is 2.73 bits per heavy atom. The second-order valence-corrected chi connectivity index (χ2v) is 8.12.